The van der Waals surface area contributed by atoms with Crippen LogP contribution >= 0.6 is 0 Å². The summed E-state index contributed by atoms with van der Waals surface area (Å²) in [6.45, 7) is 1.55. The summed E-state index contributed by atoms with van der Waals surface area (Å²) < 4.78 is 13.3. The highest BCUT2D eigenvalue weighted by molar-refractivity contribution is 5.97. The lowest BCUT2D eigenvalue weighted by Crippen LogP contribution is -2.16. The molecule has 14 heavy (non-hydrogen) atoms. The van der Waals surface area contributed by atoms with Crippen LogP contribution in [0.15, 0.2) is 12.1 Å². The van der Waals surface area contributed by atoms with Gasteiger partial charge in [0.25, 0.3) is 5.91 Å². The van der Waals surface area contributed by atoms with Crippen LogP contribution in [0.2, 0.25) is 0 Å². The number of aromatic carboxylic acids is 1. The molecule has 0 saturated carbocycles. The third-order valence-corrected chi connectivity index (χ3v) is 1.71. The molecule has 0 fully saturated rings. The normalized spacial score (nSPS) is 9.86. The van der Waals surface area contributed by atoms with Gasteiger partial charge >= 0.3 is 5.97 Å². The lowest BCUT2D eigenvalue weighted by atomic mass is 10.1. The number of amides is 1. The minimum atomic E-state index is -1.42. The first kappa shape index (κ1) is 10.2. The zero-order chi connectivity index (χ0) is 10.9. The second kappa shape index (κ2) is 3.45. The highest BCUT2D eigenvalue weighted by Crippen LogP contribution is 2.15. The monoisotopic (exact) mass is 197 g/mol. The summed E-state index contributed by atoms with van der Waals surface area (Å²) in [6, 6.07) is 2.36. The van der Waals surface area contributed by atoms with Crippen molar-refractivity contribution in [3.8, 4) is 0 Å². The van der Waals surface area contributed by atoms with Gasteiger partial charge < -0.3 is 10.8 Å². The van der Waals surface area contributed by atoms with Crippen LogP contribution in [0.4, 0.5) is 4.39 Å². The van der Waals surface area contributed by atoms with Crippen LogP contribution in [-0.4, -0.2) is 17.0 Å². The third-order valence-electron chi connectivity index (χ3n) is 1.71. The van der Waals surface area contributed by atoms with E-state index in [9.17, 15) is 14.0 Å². The lowest BCUT2D eigenvalue weighted by molar-refractivity contribution is 0.0691. The highest BCUT2D eigenvalue weighted by atomic mass is 19.1. The van der Waals surface area contributed by atoms with E-state index in [0.29, 0.717) is 5.56 Å². The maximum atomic E-state index is 13.3. The topological polar surface area (TPSA) is 80.4 Å². The number of carboxylic acids is 1. The van der Waals surface area contributed by atoms with E-state index < -0.39 is 28.8 Å². The van der Waals surface area contributed by atoms with Gasteiger partial charge in [-0.15, -0.1) is 0 Å². The smallest absolute Gasteiger partial charge is 0.338 e. The number of nitrogens with two attached hydrogens (primary N) is 1. The van der Waals surface area contributed by atoms with Crippen LogP contribution in [0.5, 0.6) is 0 Å². The van der Waals surface area contributed by atoms with Gasteiger partial charge in [0.2, 0.25) is 0 Å². The average Bonchev–Trinajstić information content (AvgIpc) is 2.07. The van der Waals surface area contributed by atoms with E-state index in [1.54, 1.807) is 6.92 Å². The number of halogens is 1. The third kappa shape index (κ3) is 1.71. The molecule has 0 aromatic heterocycles. The van der Waals surface area contributed by atoms with Gasteiger partial charge in [0.05, 0.1) is 11.1 Å². The summed E-state index contributed by atoms with van der Waals surface area (Å²) >= 11 is 0. The number of carboxylic acid groups (broad SMARTS) is 1. The second-order valence-corrected chi connectivity index (χ2v) is 2.84. The standard InChI is InChI=1S/C9H8FNO3/c1-4-2-5(8(11)12)7(10)6(3-4)9(13)14/h2-3H,1H3,(H2,11,12)(H,13,14). The fraction of sp³-hybridized carbons (Fsp3) is 0.111. The Kier molecular flexibility index (Phi) is 2.51. The SMILES string of the molecule is Cc1cc(C(N)=O)c(F)c(C(=O)O)c1. The predicted octanol–water partition coefficient (Wildman–Crippen LogP) is 0.931. The molecule has 0 unspecified atom stereocenters. The second-order valence-electron chi connectivity index (χ2n) is 2.84. The van der Waals surface area contributed by atoms with Crippen molar-refractivity contribution in [3.05, 3.63) is 34.6 Å². The summed E-state index contributed by atoms with van der Waals surface area (Å²) in [7, 11) is 0. The Morgan fingerprint density at radius 2 is 1.86 bits per heavy atom. The van der Waals surface area contributed by atoms with Crippen LogP contribution in [0.25, 0.3) is 0 Å². The molecular formula is C9H8FNO3. The van der Waals surface area contributed by atoms with Gasteiger partial charge in [-0.05, 0) is 24.6 Å². The molecule has 0 aliphatic rings. The van der Waals surface area contributed by atoms with Crippen LogP contribution in [0.3, 0.4) is 0 Å². The maximum Gasteiger partial charge on any atom is 0.338 e. The zero-order valence-electron chi connectivity index (χ0n) is 7.37. The quantitative estimate of drug-likeness (QED) is 0.740. The maximum absolute atomic E-state index is 13.3. The molecule has 3 N–H and O–H groups in total. The van der Waals surface area contributed by atoms with Crippen LogP contribution in [0, 0.1) is 12.7 Å². The van der Waals surface area contributed by atoms with Crippen molar-refractivity contribution in [1.29, 1.82) is 0 Å². The van der Waals surface area contributed by atoms with Crippen molar-refractivity contribution >= 4 is 11.9 Å². The summed E-state index contributed by atoms with van der Waals surface area (Å²) in [5.41, 5.74) is 4.41. The van der Waals surface area contributed by atoms with Crippen molar-refractivity contribution in [2.75, 3.05) is 0 Å². The molecule has 1 aromatic carbocycles. The minimum absolute atomic E-state index is 0.401. The number of benzene rings is 1. The molecule has 0 bridgehead atoms. The molecule has 1 amide bonds. The van der Waals surface area contributed by atoms with Crippen LogP contribution in [-0.2, 0) is 0 Å². The molecule has 0 radical (unpaired) electrons. The summed E-state index contributed by atoms with van der Waals surface area (Å²) in [4.78, 5) is 21.3. The lowest BCUT2D eigenvalue weighted by Gasteiger charge is -2.03. The van der Waals surface area contributed by atoms with Gasteiger partial charge in [-0.1, -0.05) is 0 Å². The fourth-order valence-corrected chi connectivity index (χ4v) is 1.10. The Morgan fingerprint density at radius 3 is 2.29 bits per heavy atom. The first-order valence-corrected chi connectivity index (χ1v) is 3.76. The first-order valence-electron chi connectivity index (χ1n) is 3.76. The van der Waals surface area contributed by atoms with Crippen molar-refractivity contribution in [3.63, 3.8) is 0 Å². The van der Waals surface area contributed by atoms with Crippen LogP contribution < -0.4 is 5.73 Å². The minimum Gasteiger partial charge on any atom is -0.478 e. The van der Waals surface area contributed by atoms with Crippen molar-refractivity contribution in [1.82, 2.24) is 0 Å². The molecule has 0 heterocycles. The van der Waals surface area contributed by atoms with Gasteiger partial charge in [-0.3, -0.25) is 4.79 Å². The van der Waals surface area contributed by atoms with Gasteiger partial charge in [0.15, 0.2) is 0 Å². The average molecular weight is 197 g/mol. The Balaban J connectivity index is 3.47. The first-order chi connectivity index (χ1) is 6.43. The summed E-state index contributed by atoms with van der Waals surface area (Å²) in [5, 5.41) is 8.60. The predicted molar refractivity (Wildman–Crippen MR) is 46.6 cm³/mol. The van der Waals surface area contributed by atoms with Gasteiger partial charge in [0.1, 0.15) is 5.82 Å². The van der Waals surface area contributed by atoms with Gasteiger partial charge in [-0.2, -0.15) is 0 Å². The van der Waals surface area contributed by atoms with Gasteiger partial charge in [-0.25, -0.2) is 9.18 Å². The molecule has 1 aromatic rings. The molecule has 0 aliphatic heterocycles. The van der Waals surface area contributed by atoms with E-state index in [2.05, 4.69) is 0 Å². The van der Waals surface area contributed by atoms with Crippen LogP contribution in [0.1, 0.15) is 26.3 Å². The van der Waals surface area contributed by atoms with Crippen molar-refractivity contribution < 1.29 is 19.1 Å². The Morgan fingerprint density at radius 1 is 1.36 bits per heavy atom. The Labute approximate surface area is 79.1 Å². The molecule has 0 atom stereocenters. The van der Waals surface area contributed by atoms with E-state index >= 15 is 0 Å². The molecule has 5 heteroatoms. The Hall–Kier alpha value is -1.91. The molecule has 0 aliphatic carbocycles. The van der Waals surface area contributed by atoms with Crippen molar-refractivity contribution in [2.45, 2.75) is 6.92 Å². The van der Waals surface area contributed by atoms with E-state index in [1.807, 2.05) is 0 Å². The number of rotatable bonds is 2. The molecule has 0 saturated heterocycles. The number of hydrogen-bond acceptors (Lipinski definition) is 2. The molecule has 0 spiro atoms. The largest absolute Gasteiger partial charge is 0.478 e. The molecule has 1 rings (SSSR count). The fourth-order valence-electron chi connectivity index (χ4n) is 1.10. The summed E-state index contributed by atoms with van der Waals surface area (Å²) in [5.74, 6) is -3.49. The van der Waals surface area contributed by atoms with E-state index in [-0.39, 0.29) is 0 Å². The number of primary amides is 1. The van der Waals surface area contributed by atoms with E-state index in [0.717, 1.165) is 6.07 Å². The summed E-state index contributed by atoms with van der Waals surface area (Å²) in [6.07, 6.45) is 0. The number of aryl methyl sites for hydroxylation is 1. The van der Waals surface area contributed by atoms with E-state index in [1.165, 1.54) is 6.07 Å². The number of hydrogen-bond donors (Lipinski definition) is 2. The molecule has 4 nitrogen and oxygen atoms in total. The van der Waals surface area contributed by atoms with E-state index in [4.69, 9.17) is 10.8 Å². The zero-order valence-corrected chi connectivity index (χ0v) is 7.37. The number of carbonyl (C=O) groups is 2. The Bertz CT molecular complexity index is 380. The molecule has 74 valence electrons. The highest BCUT2D eigenvalue weighted by Gasteiger charge is 2.17. The van der Waals surface area contributed by atoms with Gasteiger partial charge in [0, 0.05) is 0 Å². The molecular weight excluding hydrogens is 189 g/mol. The van der Waals surface area contributed by atoms with Crippen molar-refractivity contribution in [2.24, 2.45) is 5.73 Å². The number of carbonyl (C=O) groups excluding carboxylic acids is 1.